The lowest BCUT2D eigenvalue weighted by molar-refractivity contribution is 0.679. The monoisotopic (exact) mass is 426 g/mol. The molecule has 0 saturated carbocycles. The molecule has 0 aliphatic heterocycles. The number of nitrogens with zero attached hydrogens (tertiary/aromatic N) is 5. The maximum Gasteiger partial charge on any atom is 0.328 e. The van der Waals surface area contributed by atoms with Gasteiger partial charge in [0.15, 0.2) is 5.82 Å². The van der Waals surface area contributed by atoms with Crippen molar-refractivity contribution in [1.82, 2.24) is 29.8 Å². The normalized spacial score (nSPS) is 11.7. The molecule has 2 heterocycles. The van der Waals surface area contributed by atoms with Gasteiger partial charge in [-0.25, -0.2) is 9.89 Å². The van der Waals surface area contributed by atoms with Crippen LogP contribution in [0.15, 0.2) is 83.8 Å². The first-order valence-corrected chi connectivity index (χ1v) is 10.6. The number of hydrogen-bond donors (Lipinski definition) is 1. The fourth-order valence-electron chi connectivity index (χ4n) is 3.69. The van der Waals surface area contributed by atoms with Gasteiger partial charge in [-0.2, -0.15) is 0 Å². The fraction of sp³-hybridized carbons (Fsp3) is 0.200. The molecule has 0 saturated heterocycles. The van der Waals surface area contributed by atoms with Crippen molar-refractivity contribution in [2.75, 3.05) is 0 Å². The Morgan fingerprint density at radius 3 is 2.41 bits per heavy atom. The van der Waals surface area contributed by atoms with Gasteiger partial charge in [-0.3, -0.25) is 9.13 Å². The number of imidazole rings is 1. The van der Waals surface area contributed by atoms with Gasteiger partial charge in [-0.05, 0) is 41.0 Å². The van der Waals surface area contributed by atoms with Crippen molar-refractivity contribution >= 4 is 0 Å². The summed E-state index contributed by atoms with van der Waals surface area (Å²) >= 11 is 0. The molecule has 2 aromatic carbocycles. The van der Waals surface area contributed by atoms with Crippen molar-refractivity contribution < 1.29 is 0 Å². The van der Waals surface area contributed by atoms with Crippen LogP contribution in [0.1, 0.15) is 25.1 Å². The standard InChI is InChI=1S/C25H26N6O/c1-3-5-9-21-18-30(16-6-4-2)25(32)31(21)17-19-12-14-20(15-13-19)22-10-7-8-11-23(22)24-26-28-29-27-24/h3-8,10-15,18H,9,16-17H2,1-2H3,(H,26,27,28,29)/b5-3+,6-4+. The van der Waals surface area contributed by atoms with Crippen molar-refractivity contribution in [1.29, 1.82) is 0 Å². The number of benzene rings is 2. The van der Waals surface area contributed by atoms with Crippen LogP contribution in [0, 0.1) is 0 Å². The van der Waals surface area contributed by atoms with E-state index in [4.69, 9.17) is 0 Å². The Bertz CT molecular complexity index is 1280. The molecule has 0 aliphatic rings. The van der Waals surface area contributed by atoms with Gasteiger partial charge in [-0.1, -0.05) is 72.8 Å². The molecule has 0 radical (unpaired) electrons. The number of H-pyrrole nitrogens is 1. The number of allylic oxidation sites excluding steroid dienone is 4. The van der Waals surface area contributed by atoms with Crippen LogP contribution in [0.3, 0.4) is 0 Å². The minimum Gasteiger partial charge on any atom is -0.295 e. The van der Waals surface area contributed by atoms with Gasteiger partial charge in [0.25, 0.3) is 0 Å². The number of tetrazole rings is 1. The molecule has 0 unspecified atom stereocenters. The second kappa shape index (κ2) is 9.87. The smallest absolute Gasteiger partial charge is 0.295 e. The highest BCUT2D eigenvalue weighted by Gasteiger charge is 2.12. The van der Waals surface area contributed by atoms with Gasteiger partial charge in [0.05, 0.1) is 6.54 Å². The van der Waals surface area contributed by atoms with Crippen molar-refractivity contribution in [2.24, 2.45) is 0 Å². The average molecular weight is 427 g/mol. The lowest BCUT2D eigenvalue weighted by Crippen LogP contribution is -2.25. The van der Waals surface area contributed by atoms with Gasteiger partial charge in [0, 0.05) is 30.4 Å². The van der Waals surface area contributed by atoms with E-state index in [2.05, 4.69) is 51.0 Å². The van der Waals surface area contributed by atoms with Crippen LogP contribution in [0.4, 0.5) is 0 Å². The molecule has 0 fully saturated rings. The molecule has 4 aromatic rings. The van der Waals surface area contributed by atoms with Gasteiger partial charge in [0.1, 0.15) is 0 Å². The van der Waals surface area contributed by atoms with Gasteiger partial charge in [-0.15, -0.1) is 5.10 Å². The Morgan fingerprint density at radius 1 is 0.969 bits per heavy atom. The van der Waals surface area contributed by atoms with Crippen LogP contribution < -0.4 is 5.69 Å². The van der Waals surface area contributed by atoms with Gasteiger partial charge >= 0.3 is 5.69 Å². The van der Waals surface area contributed by atoms with E-state index in [1.165, 1.54) is 0 Å². The van der Waals surface area contributed by atoms with E-state index < -0.39 is 0 Å². The van der Waals surface area contributed by atoms with Crippen molar-refractivity contribution in [3.05, 3.63) is 101 Å². The zero-order valence-electron chi connectivity index (χ0n) is 18.3. The van der Waals surface area contributed by atoms with Crippen molar-refractivity contribution in [3.63, 3.8) is 0 Å². The first-order valence-electron chi connectivity index (χ1n) is 10.6. The lowest BCUT2D eigenvalue weighted by atomic mass is 9.98. The van der Waals surface area contributed by atoms with Crippen LogP contribution in [-0.2, 0) is 19.5 Å². The molecule has 7 heteroatoms. The summed E-state index contributed by atoms with van der Waals surface area (Å²) in [7, 11) is 0. The van der Waals surface area contributed by atoms with Crippen LogP contribution in [-0.4, -0.2) is 29.8 Å². The number of nitrogens with one attached hydrogen (secondary N) is 1. The molecule has 0 bridgehead atoms. The Hall–Kier alpha value is -4.00. The summed E-state index contributed by atoms with van der Waals surface area (Å²) in [5, 5.41) is 14.3. The van der Waals surface area contributed by atoms with E-state index >= 15 is 0 Å². The molecule has 32 heavy (non-hydrogen) atoms. The van der Waals surface area contributed by atoms with Crippen molar-refractivity contribution in [3.8, 4) is 22.5 Å². The van der Waals surface area contributed by atoms with Crippen LogP contribution in [0.5, 0.6) is 0 Å². The predicted octanol–water partition coefficient (Wildman–Crippen LogP) is 4.24. The third-order valence-corrected chi connectivity index (χ3v) is 5.36. The summed E-state index contributed by atoms with van der Waals surface area (Å²) in [6, 6.07) is 16.3. The molecule has 0 amide bonds. The van der Waals surface area contributed by atoms with E-state index in [9.17, 15) is 4.79 Å². The molecule has 2 aromatic heterocycles. The van der Waals surface area contributed by atoms with Gasteiger partial charge < -0.3 is 0 Å². The van der Waals surface area contributed by atoms with E-state index in [-0.39, 0.29) is 5.69 Å². The quantitative estimate of drug-likeness (QED) is 0.427. The van der Waals surface area contributed by atoms with Gasteiger partial charge in [0.2, 0.25) is 0 Å². The third kappa shape index (κ3) is 4.51. The number of hydrogen-bond acceptors (Lipinski definition) is 4. The number of rotatable bonds is 8. The molecule has 0 aliphatic carbocycles. The van der Waals surface area contributed by atoms with Crippen LogP contribution in [0.2, 0.25) is 0 Å². The maximum absolute atomic E-state index is 13.0. The highest BCUT2D eigenvalue weighted by atomic mass is 16.1. The molecular formula is C25H26N6O. The molecule has 4 rings (SSSR count). The van der Waals surface area contributed by atoms with Crippen molar-refractivity contribution in [2.45, 2.75) is 33.4 Å². The second-order valence-electron chi connectivity index (χ2n) is 7.48. The fourth-order valence-corrected chi connectivity index (χ4v) is 3.69. The van der Waals surface area contributed by atoms with E-state index in [1.807, 2.05) is 67.1 Å². The molecular weight excluding hydrogens is 400 g/mol. The molecule has 1 N–H and O–H groups in total. The molecule has 0 spiro atoms. The minimum atomic E-state index is 0.00912. The first kappa shape index (κ1) is 21.2. The third-order valence-electron chi connectivity index (χ3n) is 5.36. The highest BCUT2D eigenvalue weighted by Crippen LogP contribution is 2.29. The lowest BCUT2D eigenvalue weighted by Gasteiger charge is -2.10. The van der Waals surface area contributed by atoms with E-state index in [0.29, 0.717) is 18.9 Å². The largest absolute Gasteiger partial charge is 0.328 e. The van der Waals surface area contributed by atoms with E-state index in [0.717, 1.165) is 34.4 Å². The average Bonchev–Trinajstić information content (AvgIpc) is 3.46. The molecule has 7 nitrogen and oxygen atoms in total. The minimum absolute atomic E-state index is 0.00912. The zero-order valence-corrected chi connectivity index (χ0v) is 18.3. The Balaban J connectivity index is 1.63. The van der Waals surface area contributed by atoms with E-state index in [1.54, 1.807) is 4.57 Å². The SMILES string of the molecule is C/C=C/Cc1cn(C/C=C/C)c(=O)n1Cc1ccc(-c2ccccc2-c2nnn[nH]2)cc1. The Labute approximate surface area is 186 Å². The predicted molar refractivity (Wildman–Crippen MR) is 126 cm³/mol. The summed E-state index contributed by atoms with van der Waals surface area (Å²) < 4.78 is 3.61. The number of aromatic amines is 1. The highest BCUT2D eigenvalue weighted by molar-refractivity contribution is 5.80. The van der Waals surface area contributed by atoms with Crippen LogP contribution in [0.25, 0.3) is 22.5 Å². The summed E-state index contributed by atoms with van der Waals surface area (Å²) in [6.07, 6.45) is 10.7. The Morgan fingerprint density at radius 2 is 1.72 bits per heavy atom. The first-order chi connectivity index (χ1) is 15.7. The van der Waals surface area contributed by atoms with Crippen LogP contribution >= 0.6 is 0 Å². The summed E-state index contributed by atoms with van der Waals surface area (Å²) in [5.74, 6) is 0.632. The second-order valence-corrected chi connectivity index (χ2v) is 7.48. The maximum atomic E-state index is 13.0. The topological polar surface area (TPSA) is 81.4 Å². The summed E-state index contributed by atoms with van der Waals surface area (Å²) in [6.45, 7) is 5.06. The Kier molecular flexibility index (Phi) is 6.55. The summed E-state index contributed by atoms with van der Waals surface area (Å²) in [5.41, 5.74) is 5.13. The molecule has 162 valence electrons. The summed E-state index contributed by atoms with van der Waals surface area (Å²) in [4.78, 5) is 13.0. The number of aromatic nitrogens is 6. The molecule has 0 atom stereocenters. The zero-order chi connectivity index (χ0) is 22.3.